The summed E-state index contributed by atoms with van der Waals surface area (Å²) in [6, 6.07) is 2.38. The Balaban J connectivity index is 1.74. The van der Waals surface area contributed by atoms with E-state index in [4.69, 9.17) is 4.74 Å². The van der Waals surface area contributed by atoms with Crippen LogP contribution >= 0.6 is 0 Å². The van der Waals surface area contributed by atoms with Crippen LogP contribution < -0.4 is 5.32 Å². The lowest BCUT2D eigenvalue weighted by Crippen LogP contribution is -2.64. The van der Waals surface area contributed by atoms with Crippen molar-refractivity contribution in [2.24, 2.45) is 0 Å². The highest BCUT2D eigenvalue weighted by atomic mass is 16.5. The number of aliphatic hydroxyl groups is 1. The fourth-order valence-electron chi connectivity index (χ4n) is 3.51. The normalized spacial score (nSPS) is 29.4. The molecule has 0 aromatic carbocycles. The molecule has 0 bridgehead atoms. The van der Waals surface area contributed by atoms with E-state index in [1.165, 1.54) is 6.42 Å². The van der Waals surface area contributed by atoms with Gasteiger partial charge in [0.15, 0.2) is 0 Å². The number of rotatable bonds is 4. The van der Waals surface area contributed by atoms with Crippen LogP contribution in [-0.4, -0.2) is 64.5 Å². The third-order valence-corrected chi connectivity index (χ3v) is 4.53. The first-order valence-corrected chi connectivity index (χ1v) is 7.64. The average molecular weight is 292 g/mol. The molecule has 3 rings (SSSR count). The summed E-state index contributed by atoms with van der Waals surface area (Å²) in [4.78, 5) is 11.1. The van der Waals surface area contributed by atoms with Crippen LogP contribution in [0, 0.1) is 13.8 Å². The summed E-state index contributed by atoms with van der Waals surface area (Å²) in [5.41, 5.74) is 0.605. The lowest BCUT2D eigenvalue weighted by Gasteiger charge is -2.47. The van der Waals surface area contributed by atoms with E-state index in [2.05, 4.69) is 20.2 Å². The smallest absolute Gasteiger partial charge is 0.129 e. The molecule has 2 fully saturated rings. The minimum atomic E-state index is -0.341. The quantitative estimate of drug-likeness (QED) is 0.852. The molecule has 2 aliphatic heterocycles. The Kier molecular flexibility index (Phi) is 4.10. The van der Waals surface area contributed by atoms with Crippen molar-refractivity contribution in [3.05, 3.63) is 17.6 Å². The van der Waals surface area contributed by atoms with Crippen molar-refractivity contribution in [1.29, 1.82) is 0 Å². The van der Waals surface area contributed by atoms with Crippen molar-refractivity contribution in [1.82, 2.24) is 14.9 Å². The molecular formula is C15H24N4O2. The monoisotopic (exact) mass is 292 g/mol. The molecular weight excluding hydrogens is 268 g/mol. The van der Waals surface area contributed by atoms with Gasteiger partial charge in [-0.1, -0.05) is 0 Å². The molecule has 0 aliphatic carbocycles. The molecule has 0 radical (unpaired) electrons. The predicted molar refractivity (Wildman–Crippen MR) is 80.4 cm³/mol. The van der Waals surface area contributed by atoms with Crippen LogP contribution in [0.15, 0.2) is 6.07 Å². The molecule has 2 saturated heterocycles. The van der Waals surface area contributed by atoms with Crippen molar-refractivity contribution in [3.63, 3.8) is 0 Å². The number of anilines is 1. The SMILES string of the molecule is Cc1cc(NC[C@@]2(CO)COC[C@@H]3CCCN32)nc(C)n1. The average Bonchev–Trinajstić information content (AvgIpc) is 2.93. The number of aryl methyl sites for hydroxylation is 2. The maximum absolute atomic E-state index is 9.98. The Hall–Kier alpha value is -1.24. The van der Waals surface area contributed by atoms with Crippen LogP contribution in [0.1, 0.15) is 24.4 Å². The summed E-state index contributed by atoms with van der Waals surface area (Å²) in [5.74, 6) is 1.57. The molecule has 0 amide bonds. The van der Waals surface area contributed by atoms with Crippen LogP contribution in [0.5, 0.6) is 0 Å². The molecule has 0 saturated carbocycles. The highest BCUT2D eigenvalue weighted by Gasteiger charge is 2.45. The molecule has 2 aliphatic rings. The fraction of sp³-hybridized carbons (Fsp3) is 0.733. The summed E-state index contributed by atoms with van der Waals surface area (Å²) in [5, 5.41) is 13.3. The molecule has 2 atom stereocenters. The fourth-order valence-corrected chi connectivity index (χ4v) is 3.51. The van der Waals surface area contributed by atoms with Crippen molar-refractivity contribution >= 4 is 5.82 Å². The zero-order valence-corrected chi connectivity index (χ0v) is 12.8. The summed E-state index contributed by atoms with van der Waals surface area (Å²) in [6.07, 6.45) is 2.34. The molecule has 0 spiro atoms. The van der Waals surface area contributed by atoms with E-state index in [0.717, 1.165) is 36.9 Å². The van der Waals surface area contributed by atoms with Crippen LogP contribution in [0.2, 0.25) is 0 Å². The van der Waals surface area contributed by atoms with Gasteiger partial charge in [-0.25, -0.2) is 9.97 Å². The van der Waals surface area contributed by atoms with Crippen LogP contribution in [0.3, 0.4) is 0 Å². The zero-order chi connectivity index (χ0) is 14.9. The molecule has 3 heterocycles. The number of aromatic nitrogens is 2. The van der Waals surface area contributed by atoms with Gasteiger partial charge < -0.3 is 15.2 Å². The van der Waals surface area contributed by atoms with Gasteiger partial charge in [0, 0.05) is 24.3 Å². The molecule has 2 N–H and O–H groups in total. The van der Waals surface area contributed by atoms with Gasteiger partial charge in [0.1, 0.15) is 11.6 Å². The molecule has 1 aromatic heterocycles. The van der Waals surface area contributed by atoms with Gasteiger partial charge >= 0.3 is 0 Å². The molecule has 6 heteroatoms. The van der Waals surface area contributed by atoms with Crippen molar-refractivity contribution < 1.29 is 9.84 Å². The van der Waals surface area contributed by atoms with E-state index in [9.17, 15) is 5.11 Å². The van der Waals surface area contributed by atoms with Gasteiger partial charge in [-0.15, -0.1) is 0 Å². The molecule has 6 nitrogen and oxygen atoms in total. The third-order valence-electron chi connectivity index (χ3n) is 4.53. The minimum Gasteiger partial charge on any atom is -0.394 e. The van der Waals surface area contributed by atoms with Crippen LogP contribution in [-0.2, 0) is 4.74 Å². The van der Waals surface area contributed by atoms with Gasteiger partial charge in [0.2, 0.25) is 0 Å². The number of hydrogen-bond donors (Lipinski definition) is 2. The summed E-state index contributed by atoms with van der Waals surface area (Å²) >= 11 is 0. The Bertz CT molecular complexity index is 490. The summed E-state index contributed by atoms with van der Waals surface area (Å²) in [6.45, 7) is 6.97. The molecule has 116 valence electrons. The predicted octanol–water partition coefficient (Wildman–Crippen LogP) is 0.731. The van der Waals surface area contributed by atoms with E-state index in [0.29, 0.717) is 19.2 Å². The number of nitrogens with one attached hydrogen (secondary N) is 1. The number of fused-ring (bicyclic) bond motifs is 1. The van der Waals surface area contributed by atoms with Crippen molar-refractivity contribution in [2.75, 3.05) is 38.2 Å². The van der Waals surface area contributed by atoms with E-state index in [1.54, 1.807) is 0 Å². The highest BCUT2D eigenvalue weighted by Crippen LogP contribution is 2.31. The first-order valence-electron chi connectivity index (χ1n) is 7.64. The zero-order valence-electron chi connectivity index (χ0n) is 12.8. The highest BCUT2D eigenvalue weighted by molar-refractivity contribution is 5.36. The maximum Gasteiger partial charge on any atom is 0.129 e. The maximum atomic E-state index is 9.98. The molecule has 1 aromatic rings. The van der Waals surface area contributed by atoms with Gasteiger partial charge in [-0.3, -0.25) is 4.90 Å². The second-order valence-electron chi connectivity index (χ2n) is 6.18. The van der Waals surface area contributed by atoms with E-state index in [-0.39, 0.29) is 12.1 Å². The third kappa shape index (κ3) is 2.88. The Morgan fingerprint density at radius 2 is 2.33 bits per heavy atom. The van der Waals surface area contributed by atoms with E-state index < -0.39 is 0 Å². The lowest BCUT2D eigenvalue weighted by molar-refractivity contribution is -0.101. The Morgan fingerprint density at radius 1 is 1.48 bits per heavy atom. The lowest BCUT2D eigenvalue weighted by atomic mass is 9.96. The topological polar surface area (TPSA) is 70.5 Å². The van der Waals surface area contributed by atoms with Gasteiger partial charge in [0.05, 0.1) is 25.4 Å². The van der Waals surface area contributed by atoms with Gasteiger partial charge in [-0.05, 0) is 33.2 Å². The molecule has 0 unspecified atom stereocenters. The number of hydrogen-bond acceptors (Lipinski definition) is 6. The number of ether oxygens (including phenoxy) is 1. The van der Waals surface area contributed by atoms with Gasteiger partial charge in [-0.2, -0.15) is 0 Å². The second-order valence-corrected chi connectivity index (χ2v) is 6.18. The Labute approximate surface area is 125 Å². The standard InChI is InChI=1S/C15H24N4O2/c1-11-6-14(18-12(2)17-11)16-8-15(9-20)10-21-7-13-4-3-5-19(13)15/h6,13,20H,3-5,7-10H2,1-2H3,(H,16,17,18)/t13-,15+/m0/s1. The Morgan fingerprint density at radius 3 is 3.10 bits per heavy atom. The van der Waals surface area contributed by atoms with E-state index in [1.807, 2.05) is 19.9 Å². The van der Waals surface area contributed by atoms with Crippen LogP contribution in [0.4, 0.5) is 5.82 Å². The van der Waals surface area contributed by atoms with Crippen molar-refractivity contribution in [3.8, 4) is 0 Å². The summed E-state index contributed by atoms with van der Waals surface area (Å²) < 4.78 is 5.75. The first-order chi connectivity index (χ1) is 10.1. The first kappa shape index (κ1) is 14.7. The van der Waals surface area contributed by atoms with E-state index >= 15 is 0 Å². The van der Waals surface area contributed by atoms with Gasteiger partial charge in [0.25, 0.3) is 0 Å². The van der Waals surface area contributed by atoms with Crippen molar-refractivity contribution in [2.45, 2.75) is 38.3 Å². The number of aliphatic hydroxyl groups excluding tert-OH is 1. The van der Waals surface area contributed by atoms with Crippen LogP contribution in [0.25, 0.3) is 0 Å². The molecule has 21 heavy (non-hydrogen) atoms. The second kappa shape index (κ2) is 5.87. The number of nitrogens with zero attached hydrogens (tertiary/aromatic N) is 3. The largest absolute Gasteiger partial charge is 0.394 e. The summed E-state index contributed by atoms with van der Waals surface area (Å²) in [7, 11) is 0. The minimum absolute atomic E-state index is 0.0968. The number of morpholine rings is 1.